The molecule has 0 radical (unpaired) electrons. The number of nitrogens with zero attached hydrogens (tertiary/aromatic N) is 4. The standard InChI is InChI=1S/C16H17FN4O2/c17-12-1-3-13(4-2-12)21-18-9-14(19-21)15(22)20-7-5-16(10-20)6-8-23-11-16/h1-4,9H,5-8,10-11H2/t16-/m1/s1. The third-order valence-electron chi connectivity index (χ3n) is 4.68. The highest BCUT2D eigenvalue weighted by Crippen LogP contribution is 2.38. The second-order valence-electron chi connectivity index (χ2n) is 6.27. The van der Waals surface area contributed by atoms with Crippen LogP contribution in [0.3, 0.4) is 0 Å². The number of likely N-dealkylation sites (tertiary alicyclic amines) is 1. The maximum absolute atomic E-state index is 13.0. The average Bonchev–Trinajstić information content (AvgIpc) is 3.30. The number of aromatic nitrogens is 3. The van der Waals surface area contributed by atoms with Crippen LogP contribution >= 0.6 is 0 Å². The van der Waals surface area contributed by atoms with Crippen LogP contribution in [0.2, 0.25) is 0 Å². The molecule has 1 spiro atoms. The number of amides is 1. The van der Waals surface area contributed by atoms with E-state index in [0.717, 1.165) is 39.1 Å². The number of benzene rings is 1. The van der Waals surface area contributed by atoms with Crippen molar-refractivity contribution >= 4 is 5.91 Å². The second kappa shape index (κ2) is 5.42. The Morgan fingerprint density at radius 1 is 1.26 bits per heavy atom. The fraction of sp³-hybridized carbons (Fsp3) is 0.438. The van der Waals surface area contributed by atoms with Gasteiger partial charge in [-0.3, -0.25) is 4.79 Å². The monoisotopic (exact) mass is 316 g/mol. The van der Waals surface area contributed by atoms with Crippen LogP contribution in [0.15, 0.2) is 30.5 Å². The molecule has 2 saturated heterocycles. The molecule has 2 fully saturated rings. The molecule has 4 rings (SSSR count). The topological polar surface area (TPSA) is 60.2 Å². The molecule has 0 aliphatic carbocycles. The molecule has 1 aromatic carbocycles. The van der Waals surface area contributed by atoms with Crippen molar-refractivity contribution in [2.45, 2.75) is 12.8 Å². The SMILES string of the molecule is O=C(c1cnn(-c2ccc(F)cc2)n1)N1CC[C@@]2(CCOC2)C1. The maximum atomic E-state index is 13.0. The third kappa shape index (κ3) is 2.61. The van der Waals surface area contributed by atoms with E-state index in [9.17, 15) is 9.18 Å². The van der Waals surface area contributed by atoms with Gasteiger partial charge in [-0.05, 0) is 37.1 Å². The molecule has 0 N–H and O–H groups in total. The maximum Gasteiger partial charge on any atom is 0.276 e. The number of hydrogen-bond donors (Lipinski definition) is 0. The zero-order valence-corrected chi connectivity index (χ0v) is 12.6. The molecular formula is C16H17FN4O2. The molecule has 1 aromatic heterocycles. The van der Waals surface area contributed by atoms with Crippen LogP contribution < -0.4 is 0 Å². The van der Waals surface area contributed by atoms with Crippen LogP contribution in [0, 0.1) is 11.2 Å². The van der Waals surface area contributed by atoms with Gasteiger partial charge in [-0.2, -0.15) is 9.90 Å². The highest BCUT2D eigenvalue weighted by atomic mass is 19.1. The first kappa shape index (κ1) is 14.3. The minimum absolute atomic E-state index is 0.109. The highest BCUT2D eigenvalue weighted by Gasteiger charge is 2.43. The van der Waals surface area contributed by atoms with E-state index in [4.69, 9.17) is 4.74 Å². The fourth-order valence-corrected chi connectivity index (χ4v) is 3.30. The number of rotatable bonds is 2. The summed E-state index contributed by atoms with van der Waals surface area (Å²) in [7, 11) is 0. The van der Waals surface area contributed by atoms with Gasteiger partial charge in [0.1, 0.15) is 5.82 Å². The zero-order chi connectivity index (χ0) is 15.9. The van der Waals surface area contributed by atoms with Crippen molar-refractivity contribution in [2.24, 2.45) is 5.41 Å². The number of hydrogen-bond acceptors (Lipinski definition) is 4. The lowest BCUT2D eigenvalue weighted by atomic mass is 9.87. The molecule has 23 heavy (non-hydrogen) atoms. The van der Waals surface area contributed by atoms with Gasteiger partial charge in [0.05, 0.1) is 18.5 Å². The summed E-state index contributed by atoms with van der Waals surface area (Å²) in [6.07, 6.45) is 3.45. The van der Waals surface area contributed by atoms with Crippen molar-refractivity contribution in [2.75, 3.05) is 26.3 Å². The van der Waals surface area contributed by atoms with E-state index in [1.54, 1.807) is 12.1 Å². The van der Waals surface area contributed by atoms with Crippen LogP contribution in [0.4, 0.5) is 4.39 Å². The smallest absolute Gasteiger partial charge is 0.276 e. The summed E-state index contributed by atoms with van der Waals surface area (Å²) in [6, 6.07) is 5.82. The Labute approximate surface area is 132 Å². The third-order valence-corrected chi connectivity index (χ3v) is 4.68. The average molecular weight is 316 g/mol. The minimum atomic E-state index is -0.321. The Hall–Kier alpha value is -2.28. The molecule has 6 nitrogen and oxygen atoms in total. The zero-order valence-electron chi connectivity index (χ0n) is 12.6. The molecular weight excluding hydrogens is 299 g/mol. The quantitative estimate of drug-likeness (QED) is 0.845. The van der Waals surface area contributed by atoms with Crippen LogP contribution in [-0.2, 0) is 4.74 Å². The lowest BCUT2D eigenvalue weighted by molar-refractivity contribution is 0.0759. The lowest BCUT2D eigenvalue weighted by Crippen LogP contribution is -2.32. The van der Waals surface area contributed by atoms with Gasteiger partial charge in [0, 0.05) is 25.1 Å². The van der Waals surface area contributed by atoms with Gasteiger partial charge in [0.25, 0.3) is 5.91 Å². The Morgan fingerprint density at radius 2 is 2.09 bits per heavy atom. The van der Waals surface area contributed by atoms with Crippen LogP contribution in [-0.4, -0.2) is 52.1 Å². The van der Waals surface area contributed by atoms with Gasteiger partial charge in [-0.15, -0.1) is 5.10 Å². The molecule has 0 bridgehead atoms. The summed E-state index contributed by atoms with van der Waals surface area (Å²) >= 11 is 0. The van der Waals surface area contributed by atoms with Crippen molar-refractivity contribution in [1.29, 1.82) is 0 Å². The summed E-state index contributed by atoms with van der Waals surface area (Å²) in [5, 5.41) is 8.34. The number of carbonyl (C=O) groups is 1. The van der Waals surface area contributed by atoms with Gasteiger partial charge < -0.3 is 9.64 Å². The number of carbonyl (C=O) groups excluding carboxylic acids is 1. The minimum Gasteiger partial charge on any atom is -0.381 e. The van der Waals surface area contributed by atoms with Crippen molar-refractivity contribution in [3.63, 3.8) is 0 Å². The Bertz CT molecular complexity index is 722. The first-order valence-electron chi connectivity index (χ1n) is 7.71. The first-order chi connectivity index (χ1) is 11.2. The molecule has 120 valence electrons. The van der Waals surface area contributed by atoms with E-state index >= 15 is 0 Å². The van der Waals surface area contributed by atoms with E-state index in [1.165, 1.54) is 23.1 Å². The summed E-state index contributed by atoms with van der Waals surface area (Å²) in [6.45, 7) is 2.96. The summed E-state index contributed by atoms with van der Waals surface area (Å²) in [5.74, 6) is -0.430. The van der Waals surface area contributed by atoms with Crippen LogP contribution in [0.25, 0.3) is 5.69 Å². The van der Waals surface area contributed by atoms with Crippen LogP contribution in [0.5, 0.6) is 0 Å². The van der Waals surface area contributed by atoms with E-state index in [2.05, 4.69) is 10.2 Å². The molecule has 2 aromatic rings. The fourth-order valence-electron chi connectivity index (χ4n) is 3.30. The van der Waals surface area contributed by atoms with E-state index < -0.39 is 0 Å². The Kier molecular flexibility index (Phi) is 3.37. The molecule has 1 amide bonds. The van der Waals surface area contributed by atoms with Gasteiger partial charge in [-0.1, -0.05) is 0 Å². The van der Waals surface area contributed by atoms with Gasteiger partial charge in [0.2, 0.25) is 0 Å². The van der Waals surface area contributed by atoms with Crippen molar-refractivity contribution in [3.05, 3.63) is 42.0 Å². The predicted molar refractivity (Wildman–Crippen MR) is 79.7 cm³/mol. The Balaban J connectivity index is 1.50. The summed E-state index contributed by atoms with van der Waals surface area (Å²) in [5.41, 5.74) is 1.06. The second-order valence-corrected chi connectivity index (χ2v) is 6.27. The molecule has 7 heteroatoms. The van der Waals surface area contributed by atoms with Gasteiger partial charge in [-0.25, -0.2) is 4.39 Å². The van der Waals surface area contributed by atoms with Crippen molar-refractivity contribution < 1.29 is 13.9 Å². The molecule has 0 unspecified atom stereocenters. The highest BCUT2D eigenvalue weighted by molar-refractivity contribution is 5.92. The molecule has 1 atom stereocenters. The van der Waals surface area contributed by atoms with E-state index in [0.29, 0.717) is 11.4 Å². The predicted octanol–water partition coefficient (Wildman–Crippen LogP) is 1.66. The number of halogens is 1. The first-order valence-corrected chi connectivity index (χ1v) is 7.71. The van der Waals surface area contributed by atoms with E-state index in [1.807, 2.05) is 4.90 Å². The van der Waals surface area contributed by atoms with Crippen molar-refractivity contribution in [1.82, 2.24) is 19.9 Å². The Morgan fingerprint density at radius 3 is 2.83 bits per heavy atom. The van der Waals surface area contributed by atoms with Crippen molar-refractivity contribution in [3.8, 4) is 5.69 Å². The molecule has 2 aliphatic heterocycles. The normalized spacial score (nSPS) is 23.8. The van der Waals surface area contributed by atoms with Crippen LogP contribution in [0.1, 0.15) is 23.3 Å². The largest absolute Gasteiger partial charge is 0.381 e. The van der Waals surface area contributed by atoms with Gasteiger partial charge in [0.15, 0.2) is 5.69 Å². The summed E-state index contributed by atoms with van der Waals surface area (Å²) in [4.78, 5) is 15.8. The van der Waals surface area contributed by atoms with E-state index in [-0.39, 0.29) is 17.1 Å². The lowest BCUT2D eigenvalue weighted by Gasteiger charge is -2.21. The molecule has 0 saturated carbocycles. The number of ether oxygens (including phenoxy) is 1. The molecule has 2 aliphatic rings. The molecule has 3 heterocycles. The summed E-state index contributed by atoms with van der Waals surface area (Å²) < 4.78 is 18.5. The van der Waals surface area contributed by atoms with Gasteiger partial charge >= 0.3 is 0 Å².